The highest BCUT2D eigenvalue weighted by Gasteiger charge is 2.39. The van der Waals surface area contributed by atoms with Crippen molar-refractivity contribution in [2.45, 2.75) is 32.9 Å². The van der Waals surface area contributed by atoms with E-state index < -0.39 is 21.4 Å². The average Bonchev–Trinajstić information content (AvgIpc) is 3.22. The van der Waals surface area contributed by atoms with Gasteiger partial charge in [0.05, 0.1) is 26.0 Å². The first-order chi connectivity index (χ1) is 17.6. The number of fused-ring (bicyclic) bond motifs is 7. The standard InChI is InChI=1S/C24H28FN5O6S/c1-5-28-12-14(2)30-19-18(21(35-4)20(30)24(28)32)23(31)29-13-15-7-8-16(25)11-17(15)36-9-6-10-37(33,34)27(3)22(19)26-29/h7-8,11,14H,5-6,9-10,12-13H2,1-4H3. The summed E-state index contributed by atoms with van der Waals surface area (Å²) in [6.07, 6.45) is 0.154. The fourth-order valence-corrected chi connectivity index (χ4v) is 6.18. The fraction of sp³-hybridized carbons (Fsp3) is 0.458. The minimum atomic E-state index is -3.89. The van der Waals surface area contributed by atoms with E-state index in [-0.39, 0.29) is 71.2 Å². The van der Waals surface area contributed by atoms with E-state index in [1.807, 2.05) is 13.8 Å². The number of carbonyl (C=O) groups excluding carboxylic acids is 1. The lowest BCUT2D eigenvalue weighted by atomic mass is 10.2. The van der Waals surface area contributed by atoms with Gasteiger partial charge in [-0.15, -0.1) is 5.10 Å². The lowest BCUT2D eigenvalue weighted by Crippen LogP contribution is -2.42. The molecule has 1 aromatic carbocycles. The van der Waals surface area contributed by atoms with Crippen molar-refractivity contribution in [2.24, 2.45) is 0 Å². The first-order valence-electron chi connectivity index (χ1n) is 12.0. The third-order valence-electron chi connectivity index (χ3n) is 6.91. The van der Waals surface area contributed by atoms with Crippen LogP contribution in [0.3, 0.4) is 0 Å². The van der Waals surface area contributed by atoms with Gasteiger partial charge in [0.15, 0.2) is 17.3 Å². The van der Waals surface area contributed by atoms with Crippen LogP contribution in [0.5, 0.6) is 11.5 Å². The Hall–Kier alpha value is -3.61. The summed E-state index contributed by atoms with van der Waals surface area (Å²) in [6.45, 7) is 4.53. The molecule has 1 atom stereocenters. The first-order valence-corrected chi connectivity index (χ1v) is 13.6. The Morgan fingerprint density at radius 2 is 2.03 bits per heavy atom. The van der Waals surface area contributed by atoms with Crippen molar-refractivity contribution in [3.05, 3.63) is 45.6 Å². The van der Waals surface area contributed by atoms with E-state index in [0.717, 1.165) is 8.99 Å². The molecule has 3 aromatic rings. The van der Waals surface area contributed by atoms with Crippen LogP contribution in [0.2, 0.25) is 0 Å². The summed E-state index contributed by atoms with van der Waals surface area (Å²) in [5, 5.41) is 4.55. The molecule has 0 saturated heterocycles. The monoisotopic (exact) mass is 533 g/mol. The number of ether oxygens (including phenoxy) is 2. The summed E-state index contributed by atoms with van der Waals surface area (Å²) in [6, 6.07) is 3.68. The SMILES string of the molecule is CCN1CC(C)n2c(c(OC)c3c(=O)n4nc(c32)N(C)S(=O)(=O)CCCOc2cc(F)ccc2C4)C1=O. The number of aromatic nitrogens is 3. The van der Waals surface area contributed by atoms with Gasteiger partial charge >= 0.3 is 0 Å². The second kappa shape index (κ2) is 9.05. The van der Waals surface area contributed by atoms with E-state index >= 15 is 0 Å². The molecule has 1 amide bonds. The molecule has 2 bridgehead atoms. The maximum Gasteiger partial charge on any atom is 0.280 e. The van der Waals surface area contributed by atoms with E-state index in [1.54, 1.807) is 9.47 Å². The van der Waals surface area contributed by atoms with Crippen LogP contribution >= 0.6 is 0 Å². The highest BCUT2D eigenvalue weighted by molar-refractivity contribution is 7.92. The molecule has 198 valence electrons. The number of methoxy groups -OCH3 is 1. The van der Waals surface area contributed by atoms with Crippen molar-refractivity contribution in [1.29, 1.82) is 0 Å². The van der Waals surface area contributed by atoms with Gasteiger partial charge in [0, 0.05) is 37.8 Å². The molecule has 2 aliphatic rings. The van der Waals surface area contributed by atoms with Crippen molar-refractivity contribution in [2.75, 3.05) is 43.9 Å². The number of benzene rings is 1. The zero-order chi connectivity index (χ0) is 26.6. The number of carbonyl (C=O) groups is 1. The van der Waals surface area contributed by atoms with Gasteiger partial charge in [0.1, 0.15) is 22.5 Å². The van der Waals surface area contributed by atoms with Crippen LogP contribution in [0, 0.1) is 5.82 Å². The van der Waals surface area contributed by atoms with Gasteiger partial charge in [-0.2, -0.15) is 0 Å². The molecule has 0 saturated carbocycles. The number of amides is 1. The van der Waals surface area contributed by atoms with Crippen molar-refractivity contribution in [1.82, 2.24) is 19.2 Å². The quantitative estimate of drug-likeness (QED) is 0.495. The largest absolute Gasteiger partial charge is 0.493 e. The fourth-order valence-electron chi connectivity index (χ4n) is 5.03. The average molecular weight is 534 g/mol. The van der Waals surface area contributed by atoms with Gasteiger partial charge in [0.2, 0.25) is 10.0 Å². The Labute approximate surface area is 213 Å². The van der Waals surface area contributed by atoms with Crippen LogP contribution in [0.15, 0.2) is 23.0 Å². The van der Waals surface area contributed by atoms with Gasteiger partial charge < -0.3 is 18.9 Å². The second-order valence-corrected chi connectivity index (χ2v) is 11.3. The van der Waals surface area contributed by atoms with Crippen LogP contribution in [0.25, 0.3) is 10.9 Å². The molecule has 0 radical (unpaired) electrons. The minimum Gasteiger partial charge on any atom is -0.493 e. The molecule has 0 spiro atoms. The predicted octanol–water partition coefficient (Wildman–Crippen LogP) is 1.98. The summed E-state index contributed by atoms with van der Waals surface area (Å²) in [5.74, 6) is -0.825. The Morgan fingerprint density at radius 1 is 1.27 bits per heavy atom. The number of anilines is 1. The molecule has 1 unspecified atom stereocenters. The Kier molecular flexibility index (Phi) is 6.13. The molecule has 2 aromatic heterocycles. The van der Waals surface area contributed by atoms with Gasteiger partial charge in [-0.05, 0) is 26.3 Å². The maximum absolute atomic E-state index is 14.0. The summed E-state index contributed by atoms with van der Waals surface area (Å²) in [7, 11) is -1.15. The van der Waals surface area contributed by atoms with Crippen LogP contribution in [-0.2, 0) is 16.6 Å². The molecule has 0 aliphatic carbocycles. The summed E-state index contributed by atoms with van der Waals surface area (Å²) >= 11 is 0. The van der Waals surface area contributed by atoms with Crippen molar-refractivity contribution in [3.63, 3.8) is 0 Å². The molecule has 0 fully saturated rings. The lowest BCUT2D eigenvalue weighted by Gasteiger charge is -2.33. The molecular weight excluding hydrogens is 505 g/mol. The van der Waals surface area contributed by atoms with Gasteiger partial charge in [-0.1, -0.05) is 6.07 Å². The number of hydrogen-bond donors (Lipinski definition) is 0. The van der Waals surface area contributed by atoms with Crippen LogP contribution in [0.4, 0.5) is 10.2 Å². The summed E-state index contributed by atoms with van der Waals surface area (Å²) < 4.78 is 55.7. The third-order valence-corrected chi connectivity index (χ3v) is 8.72. The van der Waals surface area contributed by atoms with Crippen molar-refractivity contribution < 1.29 is 27.1 Å². The molecular formula is C24H28FN5O6S. The summed E-state index contributed by atoms with van der Waals surface area (Å²) in [4.78, 5) is 28.9. The number of rotatable bonds is 2. The summed E-state index contributed by atoms with van der Waals surface area (Å²) in [5.41, 5.74) is 0.330. The second-order valence-electron chi connectivity index (χ2n) is 9.19. The molecule has 4 heterocycles. The molecule has 13 heteroatoms. The lowest BCUT2D eigenvalue weighted by molar-refractivity contribution is 0.0685. The highest BCUT2D eigenvalue weighted by Crippen LogP contribution is 2.41. The van der Waals surface area contributed by atoms with Crippen molar-refractivity contribution >= 4 is 32.7 Å². The van der Waals surface area contributed by atoms with E-state index in [1.165, 1.54) is 32.4 Å². The van der Waals surface area contributed by atoms with Crippen molar-refractivity contribution in [3.8, 4) is 11.5 Å². The van der Waals surface area contributed by atoms with Crippen LogP contribution in [-0.4, -0.2) is 73.2 Å². The van der Waals surface area contributed by atoms with Gasteiger partial charge in [-0.3, -0.25) is 13.9 Å². The molecule has 5 rings (SSSR count). The smallest absolute Gasteiger partial charge is 0.280 e. The Morgan fingerprint density at radius 3 is 2.73 bits per heavy atom. The predicted molar refractivity (Wildman–Crippen MR) is 135 cm³/mol. The van der Waals surface area contributed by atoms with E-state index in [9.17, 15) is 22.4 Å². The number of sulfonamides is 1. The maximum atomic E-state index is 14.0. The highest BCUT2D eigenvalue weighted by atomic mass is 32.2. The van der Waals surface area contributed by atoms with E-state index in [0.29, 0.717) is 18.7 Å². The number of likely N-dealkylation sites (N-methyl/N-ethyl adjacent to an activating group) is 1. The first kappa shape index (κ1) is 25.1. The minimum absolute atomic E-state index is 0.00824. The van der Waals surface area contributed by atoms with Crippen LogP contribution in [0.1, 0.15) is 42.4 Å². The number of hydrogen-bond acceptors (Lipinski definition) is 7. The van der Waals surface area contributed by atoms with E-state index in [2.05, 4.69) is 5.10 Å². The molecule has 37 heavy (non-hydrogen) atoms. The Balaban J connectivity index is 1.89. The number of halogens is 1. The Bertz CT molecular complexity index is 1580. The van der Waals surface area contributed by atoms with Gasteiger partial charge in [0.25, 0.3) is 11.5 Å². The van der Waals surface area contributed by atoms with Crippen LogP contribution < -0.4 is 19.3 Å². The third kappa shape index (κ3) is 3.92. The topological polar surface area (TPSA) is 116 Å². The molecule has 2 aliphatic heterocycles. The zero-order valence-corrected chi connectivity index (χ0v) is 21.8. The zero-order valence-electron chi connectivity index (χ0n) is 21.0. The van der Waals surface area contributed by atoms with E-state index in [4.69, 9.17) is 9.47 Å². The number of nitrogens with zero attached hydrogens (tertiary/aromatic N) is 5. The molecule has 11 nitrogen and oxygen atoms in total. The normalized spacial score (nSPS) is 19.5. The molecule has 0 N–H and O–H groups in total. The van der Waals surface area contributed by atoms with Gasteiger partial charge in [-0.25, -0.2) is 17.5 Å².